The number of likely N-dealkylation sites (tertiary alicyclic amines) is 1. The summed E-state index contributed by atoms with van der Waals surface area (Å²) in [6, 6.07) is 14.8. The molecule has 0 aliphatic carbocycles. The largest absolute Gasteiger partial charge is 0.493 e. The van der Waals surface area contributed by atoms with Gasteiger partial charge in [0.1, 0.15) is 5.75 Å². The zero-order valence-electron chi connectivity index (χ0n) is 15.4. The molecule has 4 rings (SSSR count). The third-order valence-electron chi connectivity index (χ3n) is 5.91. The molecule has 2 aromatic carbocycles. The van der Waals surface area contributed by atoms with E-state index in [1.807, 2.05) is 24.3 Å². The van der Waals surface area contributed by atoms with Gasteiger partial charge >= 0.3 is 0 Å². The zero-order chi connectivity index (χ0) is 19.0. The molecule has 1 amide bonds. The van der Waals surface area contributed by atoms with Gasteiger partial charge in [-0.1, -0.05) is 36.4 Å². The number of para-hydroxylation sites is 1. The summed E-state index contributed by atoms with van der Waals surface area (Å²) >= 11 is 0. The van der Waals surface area contributed by atoms with Gasteiger partial charge in [0.25, 0.3) is 5.91 Å². The molecule has 140 valence electrons. The number of fused-ring (bicyclic) bond motifs is 2. The number of carbonyl (C=O) groups is 2. The fraction of sp³-hybridized carbons (Fsp3) is 0.364. The molecule has 2 unspecified atom stereocenters. The molecule has 2 aliphatic heterocycles. The molecule has 0 bridgehead atoms. The molecular formula is C22H23NO4. The van der Waals surface area contributed by atoms with Crippen molar-refractivity contribution in [1.82, 2.24) is 4.90 Å². The summed E-state index contributed by atoms with van der Waals surface area (Å²) in [5, 5.41) is 10.3. The van der Waals surface area contributed by atoms with Gasteiger partial charge in [0, 0.05) is 30.0 Å². The van der Waals surface area contributed by atoms with E-state index in [-0.39, 0.29) is 24.2 Å². The minimum Gasteiger partial charge on any atom is -0.493 e. The molecule has 0 spiro atoms. The first-order chi connectivity index (χ1) is 13.0. The minimum atomic E-state index is -0.423. The van der Waals surface area contributed by atoms with Gasteiger partial charge in [0.2, 0.25) is 0 Å². The number of Topliss-reactive ketones (excluding diaryl/α,β-unsaturated/α-hetero) is 1. The Morgan fingerprint density at radius 2 is 1.85 bits per heavy atom. The molecule has 1 saturated heterocycles. The van der Waals surface area contributed by atoms with Crippen LogP contribution in [-0.4, -0.2) is 48.0 Å². The number of aliphatic hydroxyl groups is 1. The Labute approximate surface area is 158 Å². The Bertz CT molecular complexity index is 893. The first kappa shape index (κ1) is 17.7. The van der Waals surface area contributed by atoms with E-state index in [2.05, 4.69) is 0 Å². The highest BCUT2D eigenvalue weighted by molar-refractivity contribution is 6.07. The summed E-state index contributed by atoms with van der Waals surface area (Å²) in [5.41, 5.74) is 1.51. The standard InChI is InChI=1S/C22H23NO4/c1-15(25)18-7-3-4-8-19(18)21(26)23-11-17-12-27-20-9-5-2-6-16(20)10-22(17,13-23)14-24/h2-9,17,24H,10-14H2,1H3. The smallest absolute Gasteiger partial charge is 0.254 e. The van der Waals surface area contributed by atoms with Crippen molar-refractivity contribution >= 4 is 11.7 Å². The average Bonchev–Trinajstić information content (AvgIpc) is 2.97. The molecule has 0 aromatic heterocycles. The van der Waals surface area contributed by atoms with Gasteiger partial charge in [-0.15, -0.1) is 0 Å². The predicted molar refractivity (Wildman–Crippen MR) is 101 cm³/mol. The number of rotatable bonds is 3. The van der Waals surface area contributed by atoms with Crippen LogP contribution in [0.25, 0.3) is 0 Å². The Hall–Kier alpha value is -2.66. The molecule has 2 heterocycles. The van der Waals surface area contributed by atoms with E-state index >= 15 is 0 Å². The average molecular weight is 365 g/mol. The Kier molecular flexibility index (Phi) is 4.48. The van der Waals surface area contributed by atoms with Gasteiger partial charge < -0.3 is 14.7 Å². The van der Waals surface area contributed by atoms with Crippen molar-refractivity contribution < 1.29 is 19.4 Å². The molecule has 5 heteroatoms. The maximum Gasteiger partial charge on any atom is 0.254 e. The van der Waals surface area contributed by atoms with Crippen LogP contribution in [0.15, 0.2) is 48.5 Å². The Morgan fingerprint density at radius 3 is 2.59 bits per heavy atom. The fourth-order valence-electron chi connectivity index (χ4n) is 4.36. The number of hydrogen-bond acceptors (Lipinski definition) is 4. The number of amides is 1. The monoisotopic (exact) mass is 365 g/mol. The van der Waals surface area contributed by atoms with Crippen molar-refractivity contribution in [3.63, 3.8) is 0 Å². The van der Waals surface area contributed by atoms with Crippen molar-refractivity contribution in [3.8, 4) is 5.75 Å². The third kappa shape index (κ3) is 3.02. The normalized spacial score (nSPS) is 23.8. The lowest BCUT2D eigenvalue weighted by atomic mass is 9.75. The van der Waals surface area contributed by atoms with E-state index in [1.54, 1.807) is 29.2 Å². The second-order valence-electron chi connectivity index (χ2n) is 7.60. The summed E-state index contributed by atoms with van der Waals surface area (Å²) < 4.78 is 5.98. The summed E-state index contributed by atoms with van der Waals surface area (Å²) in [5.74, 6) is 0.624. The number of hydrogen-bond donors (Lipinski definition) is 1. The summed E-state index contributed by atoms with van der Waals surface area (Å²) in [7, 11) is 0. The summed E-state index contributed by atoms with van der Waals surface area (Å²) in [4.78, 5) is 26.8. The van der Waals surface area contributed by atoms with Crippen LogP contribution >= 0.6 is 0 Å². The fourth-order valence-corrected chi connectivity index (χ4v) is 4.36. The quantitative estimate of drug-likeness (QED) is 0.849. The van der Waals surface area contributed by atoms with Gasteiger partial charge in [-0.25, -0.2) is 0 Å². The van der Waals surface area contributed by atoms with Gasteiger partial charge in [-0.2, -0.15) is 0 Å². The maximum atomic E-state index is 13.2. The molecule has 0 saturated carbocycles. The van der Waals surface area contributed by atoms with Crippen molar-refractivity contribution in [3.05, 3.63) is 65.2 Å². The number of benzene rings is 2. The number of carbonyl (C=O) groups excluding carboxylic acids is 2. The first-order valence-corrected chi connectivity index (χ1v) is 9.25. The molecule has 1 fully saturated rings. The van der Waals surface area contributed by atoms with Crippen LogP contribution in [0, 0.1) is 11.3 Å². The van der Waals surface area contributed by atoms with Gasteiger partial charge in [-0.05, 0) is 31.0 Å². The number of aliphatic hydroxyl groups excluding tert-OH is 1. The van der Waals surface area contributed by atoms with Crippen LogP contribution < -0.4 is 4.74 Å². The van der Waals surface area contributed by atoms with Crippen LogP contribution in [-0.2, 0) is 6.42 Å². The predicted octanol–water partition coefficient (Wildman–Crippen LogP) is 2.58. The van der Waals surface area contributed by atoms with Gasteiger partial charge in [-0.3, -0.25) is 9.59 Å². The van der Waals surface area contributed by atoms with Crippen LogP contribution in [0.4, 0.5) is 0 Å². The van der Waals surface area contributed by atoms with Crippen molar-refractivity contribution in [2.45, 2.75) is 13.3 Å². The second-order valence-corrected chi connectivity index (χ2v) is 7.60. The SMILES string of the molecule is CC(=O)c1ccccc1C(=O)N1CC2COc3ccccc3CC2(CO)C1. The van der Waals surface area contributed by atoms with E-state index in [0.29, 0.717) is 37.2 Å². The van der Waals surface area contributed by atoms with Gasteiger partial charge in [0.15, 0.2) is 5.78 Å². The van der Waals surface area contributed by atoms with E-state index in [1.165, 1.54) is 6.92 Å². The molecular weight excluding hydrogens is 342 g/mol. The Morgan fingerprint density at radius 1 is 1.15 bits per heavy atom. The molecule has 0 radical (unpaired) electrons. The first-order valence-electron chi connectivity index (χ1n) is 9.25. The van der Waals surface area contributed by atoms with Crippen molar-refractivity contribution in [2.75, 3.05) is 26.3 Å². The third-order valence-corrected chi connectivity index (χ3v) is 5.91. The lowest BCUT2D eigenvalue weighted by Gasteiger charge is -2.30. The van der Waals surface area contributed by atoms with Crippen LogP contribution in [0.5, 0.6) is 5.75 Å². The molecule has 5 nitrogen and oxygen atoms in total. The van der Waals surface area contributed by atoms with E-state index in [0.717, 1.165) is 11.3 Å². The van der Waals surface area contributed by atoms with Crippen molar-refractivity contribution in [1.29, 1.82) is 0 Å². The van der Waals surface area contributed by atoms with E-state index in [4.69, 9.17) is 4.74 Å². The second kappa shape index (κ2) is 6.82. The van der Waals surface area contributed by atoms with Crippen LogP contribution in [0.1, 0.15) is 33.2 Å². The minimum absolute atomic E-state index is 0.00645. The molecule has 2 atom stereocenters. The van der Waals surface area contributed by atoms with Gasteiger partial charge in [0.05, 0.1) is 18.8 Å². The summed E-state index contributed by atoms with van der Waals surface area (Å²) in [6.45, 7) is 2.90. The summed E-state index contributed by atoms with van der Waals surface area (Å²) in [6.07, 6.45) is 0.669. The highest BCUT2D eigenvalue weighted by Crippen LogP contribution is 2.43. The number of ether oxygens (including phenoxy) is 1. The lowest BCUT2D eigenvalue weighted by molar-refractivity contribution is 0.0692. The van der Waals surface area contributed by atoms with Crippen LogP contribution in [0.2, 0.25) is 0 Å². The topological polar surface area (TPSA) is 66.8 Å². The number of nitrogens with zero attached hydrogens (tertiary/aromatic N) is 1. The molecule has 2 aliphatic rings. The van der Waals surface area contributed by atoms with Crippen LogP contribution in [0.3, 0.4) is 0 Å². The Balaban J connectivity index is 1.64. The highest BCUT2D eigenvalue weighted by atomic mass is 16.5. The maximum absolute atomic E-state index is 13.2. The van der Waals surface area contributed by atoms with E-state index in [9.17, 15) is 14.7 Å². The lowest BCUT2D eigenvalue weighted by Crippen LogP contribution is -2.38. The highest BCUT2D eigenvalue weighted by Gasteiger charge is 2.49. The molecule has 27 heavy (non-hydrogen) atoms. The number of ketones is 1. The zero-order valence-corrected chi connectivity index (χ0v) is 15.4. The molecule has 2 aromatic rings. The van der Waals surface area contributed by atoms with E-state index < -0.39 is 5.41 Å². The van der Waals surface area contributed by atoms with Crippen molar-refractivity contribution in [2.24, 2.45) is 11.3 Å². The molecule has 1 N–H and O–H groups in total.